The molecule has 2 heterocycles. The highest BCUT2D eigenvalue weighted by atomic mass is 16.5. The summed E-state index contributed by atoms with van der Waals surface area (Å²) >= 11 is 0. The third-order valence-corrected chi connectivity index (χ3v) is 4.20. The summed E-state index contributed by atoms with van der Waals surface area (Å²) in [5, 5.41) is 11.7. The summed E-state index contributed by atoms with van der Waals surface area (Å²) < 4.78 is 12.2. The van der Waals surface area contributed by atoms with Gasteiger partial charge in [-0.2, -0.15) is 0 Å². The fourth-order valence-corrected chi connectivity index (χ4v) is 3.07. The summed E-state index contributed by atoms with van der Waals surface area (Å²) in [5.74, 6) is 2.23. The molecule has 1 aromatic carbocycles. The molecule has 0 bridgehead atoms. The molecule has 1 unspecified atom stereocenters. The molecule has 0 fully saturated rings. The highest BCUT2D eigenvalue weighted by Gasteiger charge is 2.37. The van der Waals surface area contributed by atoms with E-state index in [1.165, 1.54) is 0 Å². The van der Waals surface area contributed by atoms with E-state index in [1.54, 1.807) is 18.9 Å². The first kappa shape index (κ1) is 16.2. The van der Waals surface area contributed by atoms with E-state index in [4.69, 9.17) is 9.47 Å². The molecule has 1 amide bonds. The van der Waals surface area contributed by atoms with Crippen molar-refractivity contribution in [2.45, 2.75) is 33.0 Å². The molecule has 0 aliphatic carbocycles. The molecule has 3 rings (SSSR count). The summed E-state index contributed by atoms with van der Waals surface area (Å²) in [6, 6.07) is 5.51. The van der Waals surface area contributed by atoms with Gasteiger partial charge in [0.1, 0.15) is 6.54 Å². The Hall–Kier alpha value is -2.64. The van der Waals surface area contributed by atoms with E-state index in [2.05, 4.69) is 29.4 Å². The Morgan fingerprint density at radius 1 is 1.25 bits per heavy atom. The molecule has 0 radical (unpaired) electrons. The molecule has 2 aromatic rings. The topological polar surface area (TPSA) is 82.4 Å². The Kier molecular flexibility index (Phi) is 4.37. The van der Waals surface area contributed by atoms with Gasteiger partial charge in [-0.3, -0.25) is 4.79 Å². The molecule has 0 N–H and O–H groups in total. The van der Waals surface area contributed by atoms with E-state index >= 15 is 0 Å². The molecule has 0 saturated heterocycles. The van der Waals surface area contributed by atoms with Crippen molar-refractivity contribution in [1.29, 1.82) is 0 Å². The second-order valence-corrected chi connectivity index (χ2v) is 6.09. The van der Waals surface area contributed by atoms with E-state index < -0.39 is 0 Å². The summed E-state index contributed by atoms with van der Waals surface area (Å²) in [6.07, 6.45) is 0. The fraction of sp³-hybridized carbons (Fsp3) is 0.500. The van der Waals surface area contributed by atoms with Crippen molar-refractivity contribution < 1.29 is 14.3 Å². The first-order valence-electron chi connectivity index (χ1n) is 7.81. The zero-order chi connectivity index (χ0) is 17.3. The number of carbonyl (C=O) groups excluding carboxylic acids is 1. The van der Waals surface area contributed by atoms with E-state index in [0.717, 1.165) is 11.4 Å². The molecule has 1 aliphatic rings. The minimum atomic E-state index is -0.158. The number of amides is 1. The molecule has 128 valence electrons. The second-order valence-electron chi connectivity index (χ2n) is 6.09. The van der Waals surface area contributed by atoms with Gasteiger partial charge in [0.05, 0.1) is 20.3 Å². The van der Waals surface area contributed by atoms with Gasteiger partial charge in [-0.15, -0.1) is 5.10 Å². The van der Waals surface area contributed by atoms with Gasteiger partial charge >= 0.3 is 0 Å². The number of nitrogens with zero attached hydrogens (tertiary/aromatic N) is 5. The number of ether oxygens (including phenoxy) is 2. The molecule has 1 atom stereocenters. The van der Waals surface area contributed by atoms with Crippen LogP contribution in [-0.2, 0) is 17.9 Å². The van der Waals surface area contributed by atoms with Crippen LogP contribution in [0.5, 0.6) is 11.5 Å². The van der Waals surface area contributed by atoms with Gasteiger partial charge in [-0.1, -0.05) is 19.9 Å². The molecule has 0 spiro atoms. The summed E-state index contributed by atoms with van der Waals surface area (Å²) in [5.41, 5.74) is 0.965. The highest BCUT2D eigenvalue weighted by molar-refractivity contribution is 5.77. The fourth-order valence-electron chi connectivity index (χ4n) is 3.07. The van der Waals surface area contributed by atoms with Gasteiger partial charge in [0.15, 0.2) is 17.3 Å². The highest BCUT2D eigenvalue weighted by Crippen LogP contribution is 2.33. The Morgan fingerprint density at radius 3 is 2.67 bits per heavy atom. The Bertz CT molecular complexity index is 743. The van der Waals surface area contributed by atoms with Crippen molar-refractivity contribution in [3.8, 4) is 11.5 Å². The van der Waals surface area contributed by atoms with Gasteiger partial charge in [0.25, 0.3) is 0 Å². The molecule has 8 heteroatoms. The van der Waals surface area contributed by atoms with E-state index in [0.29, 0.717) is 18.0 Å². The number of hydrogen-bond donors (Lipinski definition) is 0. The lowest BCUT2D eigenvalue weighted by atomic mass is 9.99. The minimum absolute atomic E-state index is 0.00304. The molecular formula is C16H21N5O3. The summed E-state index contributed by atoms with van der Waals surface area (Å²) in [6.45, 7) is 4.75. The monoisotopic (exact) mass is 331 g/mol. The van der Waals surface area contributed by atoms with Gasteiger partial charge in [-0.25, -0.2) is 4.68 Å². The van der Waals surface area contributed by atoms with Crippen LogP contribution in [0.2, 0.25) is 0 Å². The number of methoxy groups -OCH3 is 2. The minimum Gasteiger partial charge on any atom is -0.493 e. The maximum absolute atomic E-state index is 12.6. The van der Waals surface area contributed by atoms with E-state index in [-0.39, 0.29) is 24.4 Å². The number of tetrazole rings is 1. The molecule has 24 heavy (non-hydrogen) atoms. The first-order valence-corrected chi connectivity index (χ1v) is 7.81. The second kappa shape index (κ2) is 6.46. The quantitative estimate of drug-likeness (QED) is 0.824. The maximum atomic E-state index is 12.6. The average Bonchev–Trinajstić information content (AvgIpc) is 3.02. The van der Waals surface area contributed by atoms with Gasteiger partial charge < -0.3 is 14.4 Å². The number of fused-ring (bicyclic) bond motifs is 1. The smallest absolute Gasteiger partial charge is 0.245 e. The van der Waals surface area contributed by atoms with E-state index in [9.17, 15) is 4.79 Å². The average molecular weight is 331 g/mol. The van der Waals surface area contributed by atoms with Crippen LogP contribution in [0.15, 0.2) is 18.2 Å². The number of aromatic nitrogens is 4. The van der Waals surface area contributed by atoms with Crippen LogP contribution < -0.4 is 9.47 Å². The SMILES string of the molecule is COc1ccc(CN2C(=O)Cn3nnnc3C2C(C)C)cc1OC. The van der Waals surface area contributed by atoms with Crippen LogP contribution >= 0.6 is 0 Å². The maximum Gasteiger partial charge on any atom is 0.245 e. The molecular weight excluding hydrogens is 310 g/mol. The van der Waals surface area contributed by atoms with Crippen molar-refractivity contribution in [1.82, 2.24) is 25.1 Å². The van der Waals surface area contributed by atoms with Crippen molar-refractivity contribution in [3.05, 3.63) is 29.6 Å². The molecule has 8 nitrogen and oxygen atoms in total. The summed E-state index contributed by atoms with van der Waals surface area (Å²) in [4.78, 5) is 14.4. The predicted molar refractivity (Wildman–Crippen MR) is 85.5 cm³/mol. The Balaban J connectivity index is 1.92. The molecule has 1 aliphatic heterocycles. The normalized spacial score (nSPS) is 17.1. The predicted octanol–water partition coefficient (Wildman–Crippen LogP) is 1.43. The lowest BCUT2D eigenvalue weighted by Gasteiger charge is -2.36. The van der Waals surface area contributed by atoms with Crippen LogP contribution in [0.1, 0.15) is 31.3 Å². The number of benzene rings is 1. The standard InChI is InChI=1S/C16H21N5O3/c1-10(2)15-16-17-18-19-21(16)9-14(22)20(15)8-11-5-6-12(23-3)13(7-11)24-4/h5-7,10,15H,8-9H2,1-4H3. The lowest BCUT2D eigenvalue weighted by molar-refractivity contribution is -0.139. The van der Waals surface area contributed by atoms with Crippen LogP contribution in [0.4, 0.5) is 0 Å². The van der Waals surface area contributed by atoms with Crippen molar-refractivity contribution in [2.24, 2.45) is 5.92 Å². The lowest BCUT2D eigenvalue weighted by Crippen LogP contribution is -2.44. The molecule has 0 saturated carbocycles. The van der Waals surface area contributed by atoms with Crippen molar-refractivity contribution in [2.75, 3.05) is 14.2 Å². The van der Waals surface area contributed by atoms with E-state index in [1.807, 2.05) is 23.1 Å². The van der Waals surface area contributed by atoms with Crippen LogP contribution in [0.25, 0.3) is 0 Å². The zero-order valence-electron chi connectivity index (χ0n) is 14.3. The summed E-state index contributed by atoms with van der Waals surface area (Å²) in [7, 11) is 3.19. The molecule has 1 aromatic heterocycles. The van der Waals surface area contributed by atoms with Crippen LogP contribution in [0, 0.1) is 5.92 Å². The number of carbonyl (C=O) groups is 1. The van der Waals surface area contributed by atoms with Crippen molar-refractivity contribution in [3.63, 3.8) is 0 Å². The third kappa shape index (κ3) is 2.79. The Labute approximate surface area is 140 Å². The van der Waals surface area contributed by atoms with Gasteiger partial charge in [0, 0.05) is 6.54 Å². The van der Waals surface area contributed by atoms with Crippen LogP contribution in [-0.4, -0.2) is 45.2 Å². The van der Waals surface area contributed by atoms with Crippen molar-refractivity contribution >= 4 is 5.91 Å². The van der Waals surface area contributed by atoms with Crippen LogP contribution in [0.3, 0.4) is 0 Å². The zero-order valence-corrected chi connectivity index (χ0v) is 14.3. The van der Waals surface area contributed by atoms with Gasteiger partial charge in [-0.05, 0) is 34.0 Å². The number of rotatable bonds is 5. The van der Waals surface area contributed by atoms with Gasteiger partial charge in [0.2, 0.25) is 5.91 Å². The largest absolute Gasteiger partial charge is 0.493 e. The number of hydrogen-bond acceptors (Lipinski definition) is 6. The Morgan fingerprint density at radius 2 is 2.00 bits per heavy atom. The first-order chi connectivity index (χ1) is 11.5. The third-order valence-electron chi connectivity index (χ3n) is 4.20.